The van der Waals surface area contributed by atoms with E-state index in [1.807, 2.05) is 79.7 Å². The largest absolute Gasteiger partial charge is 0.393 e. The predicted octanol–water partition coefficient (Wildman–Crippen LogP) is 5.35. The zero-order valence-corrected chi connectivity index (χ0v) is 40.2. The Morgan fingerprint density at radius 3 is 1.49 bits per heavy atom. The van der Waals surface area contributed by atoms with Gasteiger partial charge in [0.05, 0.1) is 72.5 Å². The molecule has 6 saturated heterocycles. The summed E-state index contributed by atoms with van der Waals surface area (Å²) in [5.41, 5.74) is 6.42. The highest BCUT2D eigenvalue weighted by molar-refractivity contribution is 6.04. The van der Waals surface area contributed by atoms with E-state index in [1.165, 1.54) is 0 Å². The minimum Gasteiger partial charge on any atom is -0.393 e. The molecular formula is C57H46O18. The van der Waals surface area contributed by atoms with Gasteiger partial charge in [-0.05, 0) is 118 Å². The summed E-state index contributed by atoms with van der Waals surface area (Å²) >= 11 is 0. The summed E-state index contributed by atoms with van der Waals surface area (Å²) < 4.78 is 28.9. The van der Waals surface area contributed by atoms with Crippen molar-refractivity contribution in [1.29, 1.82) is 0 Å². The quantitative estimate of drug-likeness (QED) is 0.142. The minimum atomic E-state index is -0.647. The second-order valence-electron chi connectivity index (χ2n) is 21.2. The van der Waals surface area contributed by atoms with Crippen LogP contribution in [0.2, 0.25) is 0 Å². The Bertz CT molecular complexity index is 3330. The summed E-state index contributed by atoms with van der Waals surface area (Å²) in [6, 6.07) is 23.1. The van der Waals surface area contributed by atoms with Crippen molar-refractivity contribution < 1.29 is 86.0 Å². The molecule has 0 bridgehead atoms. The molecule has 0 N–H and O–H groups in total. The fraction of sp³-hybridized carbons (Fsp3) is 0.404. The molecule has 0 spiro atoms. The van der Waals surface area contributed by atoms with Gasteiger partial charge >= 0.3 is 71.6 Å². The third-order valence-electron chi connectivity index (χ3n) is 17.5. The average Bonchev–Trinajstić information content (AvgIpc) is 4.29. The number of cyclic esters (lactones) is 12. The van der Waals surface area contributed by atoms with Crippen LogP contribution in [0.15, 0.2) is 72.8 Å². The number of esters is 12. The SMILES string of the molecule is CCc1ccc2c(c1)C1C(=O)OC(=O)C1CC2C1CC(=O)OC1=O.O=C1CC(C23CCCc4cccc(c42)C2C(=O)OC(=O)C2C3)C(=O)O1.O=C1CC(C2CC3C(=O)OC(=O)C3c3cc4ccccc4cc32)C(=O)O1. The van der Waals surface area contributed by atoms with Crippen molar-refractivity contribution in [2.75, 3.05) is 0 Å². The van der Waals surface area contributed by atoms with E-state index in [1.54, 1.807) is 0 Å². The van der Waals surface area contributed by atoms with E-state index in [0.29, 0.717) is 31.2 Å². The fourth-order valence-corrected chi connectivity index (χ4v) is 14.2. The van der Waals surface area contributed by atoms with E-state index >= 15 is 0 Å². The number of aryl methyl sites for hydroxylation is 2. The Hall–Kier alpha value is -8.02. The molecule has 75 heavy (non-hydrogen) atoms. The zero-order chi connectivity index (χ0) is 52.4. The van der Waals surface area contributed by atoms with Gasteiger partial charge in [0.2, 0.25) is 0 Å². The first-order valence-corrected chi connectivity index (χ1v) is 25.3. The van der Waals surface area contributed by atoms with Crippen LogP contribution in [0.3, 0.4) is 0 Å². The van der Waals surface area contributed by atoms with Crippen molar-refractivity contribution in [3.05, 3.63) is 117 Å². The molecule has 18 heteroatoms. The highest BCUT2D eigenvalue weighted by atomic mass is 16.6. The Labute approximate surface area is 426 Å². The molecule has 0 amide bonds. The number of benzene rings is 4. The van der Waals surface area contributed by atoms with E-state index in [-0.39, 0.29) is 31.1 Å². The third kappa shape index (κ3) is 7.64. The fourth-order valence-electron chi connectivity index (χ4n) is 14.2. The number of rotatable bonds is 4. The Morgan fingerprint density at radius 2 is 0.947 bits per heavy atom. The zero-order valence-electron chi connectivity index (χ0n) is 40.2. The van der Waals surface area contributed by atoms with Crippen molar-refractivity contribution in [3.63, 3.8) is 0 Å². The van der Waals surface area contributed by atoms with Crippen LogP contribution in [0.25, 0.3) is 10.8 Å². The lowest BCUT2D eigenvalue weighted by Crippen LogP contribution is -2.47. The number of carbonyl (C=O) groups excluding carboxylic acids is 12. The van der Waals surface area contributed by atoms with Crippen LogP contribution < -0.4 is 0 Å². The van der Waals surface area contributed by atoms with Gasteiger partial charge < -0.3 is 28.4 Å². The van der Waals surface area contributed by atoms with Crippen molar-refractivity contribution >= 4 is 82.4 Å². The van der Waals surface area contributed by atoms with Crippen molar-refractivity contribution in [3.8, 4) is 0 Å². The van der Waals surface area contributed by atoms with Gasteiger partial charge in [0.25, 0.3) is 0 Å². The van der Waals surface area contributed by atoms with Gasteiger partial charge in [-0.2, -0.15) is 0 Å². The molecule has 4 aliphatic carbocycles. The van der Waals surface area contributed by atoms with E-state index in [4.69, 9.17) is 23.7 Å². The van der Waals surface area contributed by atoms with E-state index in [2.05, 4.69) is 4.74 Å². The maximum Gasteiger partial charge on any atom is 0.321 e. The molecule has 0 radical (unpaired) electrons. The summed E-state index contributed by atoms with van der Waals surface area (Å²) in [7, 11) is 0. The van der Waals surface area contributed by atoms with Gasteiger partial charge in [0.15, 0.2) is 0 Å². The number of hydrogen-bond acceptors (Lipinski definition) is 18. The van der Waals surface area contributed by atoms with Crippen molar-refractivity contribution in [1.82, 2.24) is 0 Å². The second-order valence-corrected chi connectivity index (χ2v) is 21.2. The van der Waals surface area contributed by atoms with Gasteiger partial charge in [-0.15, -0.1) is 0 Å². The van der Waals surface area contributed by atoms with Crippen LogP contribution >= 0.6 is 0 Å². The molecule has 18 nitrogen and oxygen atoms in total. The van der Waals surface area contributed by atoms with Crippen LogP contribution in [-0.4, -0.2) is 71.6 Å². The number of fused-ring (bicyclic) bond motifs is 9. The Balaban J connectivity index is 0.000000114. The third-order valence-corrected chi connectivity index (χ3v) is 17.5. The molecule has 6 fully saturated rings. The maximum absolute atomic E-state index is 12.4. The van der Waals surface area contributed by atoms with E-state index in [9.17, 15) is 57.5 Å². The lowest BCUT2D eigenvalue weighted by atomic mass is 9.53. The summed E-state index contributed by atoms with van der Waals surface area (Å²) in [5.74, 6) is -12.6. The smallest absolute Gasteiger partial charge is 0.321 e. The summed E-state index contributed by atoms with van der Waals surface area (Å²) in [6.45, 7) is 2.00. The molecule has 10 aliphatic rings. The molecule has 4 aromatic carbocycles. The lowest BCUT2D eigenvalue weighted by molar-refractivity contribution is -0.156. The molecular weight excluding hydrogens is 973 g/mol. The highest BCUT2D eigenvalue weighted by Crippen LogP contribution is 2.59. The summed E-state index contributed by atoms with van der Waals surface area (Å²) in [4.78, 5) is 145. The molecule has 0 aromatic heterocycles. The number of ether oxygens (including phenoxy) is 6. The van der Waals surface area contributed by atoms with E-state index < -0.39 is 130 Å². The normalized spacial score (nSPS) is 32.5. The van der Waals surface area contributed by atoms with Gasteiger partial charge in [0.1, 0.15) is 0 Å². The van der Waals surface area contributed by atoms with E-state index in [0.717, 1.165) is 69.0 Å². The topological polar surface area (TPSA) is 260 Å². The molecule has 12 atom stereocenters. The molecule has 0 saturated carbocycles. The summed E-state index contributed by atoms with van der Waals surface area (Å²) in [6.07, 6.45) is 4.25. The Morgan fingerprint density at radius 1 is 0.440 bits per heavy atom. The van der Waals surface area contributed by atoms with Crippen LogP contribution in [0.4, 0.5) is 0 Å². The number of carbonyl (C=O) groups is 12. The molecule has 14 rings (SSSR count). The molecule has 382 valence electrons. The van der Waals surface area contributed by atoms with Crippen LogP contribution in [-0.2, 0) is 104 Å². The van der Waals surface area contributed by atoms with Crippen molar-refractivity contribution in [2.45, 2.75) is 106 Å². The van der Waals surface area contributed by atoms with Gasteiger partial charge in [-0.3, -0.25) is 57.5 Å². The first-order valence-electron chi connectivity index (χ1n) is 25.3. The molecule has 6 heterocycles. The first kappa shape index (κ1) is 48.0. The van der Waals surface area contributed by atoms with Crippen LogP contribution in [0.5, 0.6) is 0 Å². The predicted molar refractivity (Wildman–Crippen MR) is 250 cm³/mol. The number of hydrogen-bond donors (Lipinski definition) is 0. The highest BCUT2D eigenvalue weighted by Gasteiger charge is 2.62. The van der Waals surface area contributed by atoms with Crippen LogP contribution in [0, 0.1) is 35.5 Å². The standard InChI is InChI=1S/C20H14O6.C19H16O6.C18H16O6/c21-16-8-14(18(22)25-16)12-7-15-17(20(24)26-19(15)23)13-6-10-4-2-1-3-9(10)5-11(12)13;20-13-7-12(17(22)24-13)19-6-2-4-9-3-1-5-10(15(9)19)14-11(8-19)16(21)25-18(14)23;1-2-8-3-4-9-10(12-7-14(19)23-16(12)20)6-13-15(11(9)5-8)18(22)24-17(13)21/h1-6,12,14-15,17H,7-8H2;1,3,5,11-12,14H,2,4,6-8H2;3-5,10,12-13,15H,2,6-7H2,1H3. The van der Waals surface area contributed by atoms with Crippen molar-refractivity contribution in [2.24, 2.45) is 35.5 Å². The second kappa shape index (κ2) is 17.8. The Kier molecular flexibility index (Phi) is 11.4. The molecule has 6 aliphatic heterocycles. The average molecular weight is 1020 g/mol. The minimum absolute atomic E-state index is 0.00382. The van der Waals surface area contributed by atoms with Gasteiger partial charge in [-0.25, -0.2) is 0 Å². The monoisotopic (exact) mass is 1020 g/mol. The van der Waals surface area contributed by atoms with Crippen LogP contribution in [0.1, 0.15) is 132 Å². The maximum atomic E-state index is 12.4. The lowest BCUT2D eigenvalue weighted by Gasteiger charge is -2.48. The van der Waals surface area contributed by atoms with Gasteiger partial charge in [-0.1, -0.05) is 73.7 Å². The molecule has 12 unspecified atom stereocenters. The summed E-state index contributed by atoms with van der Waals surface area (Å²) in [5, 5.41) is 1.92. The molecule has 4 aromatic rings. The first-order chi connectivity index (χ1) is 36.0. The van der Waals surface area contributed by atoms with Gasteiger partial charge in [0, 0.05) is 5.41 Å².